The number of fused-ring (bicyclic) bond motifs is 13. The van der Waals surface area contributed by atoms with Gasteiger partial charge >= 0.3 is 0 Å². The molecule has 0 aliphatic carbocycles. The summed E-state index contributed by atoms with van der Waals surface area (Å²) in [7, 11) is 0. The molecule has 6 nitrogen and oxygen atoms in total. The third-order valence-electron chi connectivity index (χ3n) is 14.3. The minimum Gasteiger partial charge on any atom is -0.454 e. The molecule has 0 amide bonds. The third kappa shape index (κ3) is 6.23. The van der Waals surface area contributed by atoms with Crippen LogP contribution in [-0.2, 0) is 0 Å². The Labute approximate surface area is 408 Å². The predicted molar refractivity (Wildman–Crippen MR) is 291 cm³/mol. The average Bonchev–Trinajstić information content (AvgIpc) is 4.00. The second-order valence-electron chi connectivity index (χ2n) is 18.4. The number of hydrogen-bond donors (Lipinski definition) is 0. The Morgan fingerprint density at radius 2 is 0.732 bits per heavy atom. The molecule has 15 rings (SSSR count). The third-order valence-corrected chi connectivity index (χ3v) is 14.3. The van der Waals surface area contributed by atoms with Crippen LogP contribution in [0.15, 0.2) is 245 Å². The van der Waals surface area contributed by atoms with Crippen LogP contribution >= 0.6 is 0 Å². The zero-order valence-corrected chi connectivity index (χ0v) is 38.1. The fourth-order valence-corrected chi connectivity index (χ4v) is 11.1. The van der Waals surface area contributed by atoms with Crippen molar-refractivity contribution in [2.75, 3.05) is 9.80 Å². The Balaban J connectivity index is 0.918. The van der Waals surface area contributed by atoms with Gasteiger partial charge in [-0.05, 0) is 124 Å². The van der Waals surface area contributed by atoms with Gasteiger partial charge in [0.05, 0.1) is 0 Å². The monoisotopic (exact) mass is 910 g/mol. The van der Waals surface area contributed by atoms with Crippen LogP contribution in [0, 0.1) is 0 Å². The average molecular weight is 911 g/mol. The smallest absolute Gasteiger partial charge is 0.261 e. The van der Waals surface area contributed by atoms with Gasteiger partial charge < -0.3 is 28.1 Å². The standard InChI is InChI=1S/C64H39BN2O4/c1-5-17-44(18-6-1)66(45-19-7-2-8-20-45)48-27-29-50-52-31-33-54-63(61(52)68-56(50)38-48)70-58-36-43(42-26-25-40-15-13-14-16-41(40)35-42)37-59-60(58)65(54)55-34-32-53-51-30-28-49(39-57(51)69-62(53)64(55)71-59)67(46-21-9-3-10-22-46)47-23-11-4-12-24-47/h1-39H. The van der Waals surface area contributed by atoms with Gasteiger partial charge in [-0.1, -0.05) is 133 Å². The highest BCUT2D eigenvalue weighted by molar-refractivity contribution is 6.98. The summed E-state index contributed by atoms with van der Waals surface area (Å²) in [5, 5.41) is 6.35. The Morgan fingerprint density at radius 1 is 0.310 bits per heavy atom. The lowest BCUT2D eigenvalue weighted by Crippen LogP contribution is -2.57. The van der Waals surface area contributed by atoms with Gasteiger partial charge in [0, 0.05) is 73.3 Å². The summed E-state index contributed by atoms with van der Waals surface area (Å²) in [6.45, 7) is -0.238. The molecule has 4 heterocycles. The van der Waals surface area contributed by atoms with Gasteiger partial charge in [-0.3, -0.25) is 0 Å². The Hall–Kier alpha value is -9.46. The minimum absolute atomic E-state index is 0.238. The largest absolute Gasteiger partial charge is 0.454 e. The zero-order chi connectivity index (χ0) is 46.6. The van der Waals surface area contributed by atoms with E-state index >= 15 is 0 Å². The van der Waals surface area contributed by atoms with E-state index in [-0.39, 0.29) is 6.71 Å². The van der Waals surface area contributed by atoms with Crippen LogP contribution < -0.4 is 35.7 Å². The summed E-state index contributed by atoms with van der Waals surface area (Å²) >= 11 is 0. The molecule has 0 radical (unpaired) electrons. The summed E-state index contributed by atoms with van der Waals surface area (Å²) in [6.07, 6.45) is 0. The van der Waals surface area contributed by atoms with E-state index in [2.05, 4.69) is 222 Å². The fraction of sp³-hybridized carbons (Fsp3) is 0. The van der Waals surface area contributed by atoms with Crippen LogP contribution in [0.3, 0.4) is 0 Å². The highest BCUT2D eigenvalue weighted by atomic mass is 16.5. The van der Waals surface area contributed by atoms with Gasteiger partial charge in [0.25, 0.3) is 6.71 Å². The van der Waals surface area contributed by atoms with Crippen molar-refractivity contribution in [1.82, 2.24) is 0 Å². The molecule has 2 aromatic heterocycles. The van der Waals surface area contributed by atoms with Crippen molar-refractivity contribution < 1.29 is 18.3 Å². The first-order valence-corrected chi connectivity index (χ1v) is 24.0. The van der Waals surface area contributed by atoms with Crippen molar-refractivity contribution in [1.29, 1.82) is 0 Å². The van der Waals surface area contributed by atoms with Crippen molar-refractivity contribution in [3.8, 4) is 34.1 Å². The van der Waals surface area contributed by atoms with Crippen LogP contribution in [0.25, 0.3) is 65.8 Å². The summed E-state index contributed by atoms with van der Waals surface area (Å²) in [6, 6.07) is 82.9. The number of furan rings is 2. The molecular formula is C64H39BN2O4. The second-order valence-corrected chi connectivity index (χ2v) is 18.4. The molecule has 2 aliphatic heterocycles. The summed E-state index contributed by atoms with van der Waals surface area (Å²) < 4.78 is 28.4. The van der Waals surface area contributed by atoms with Crippen molar-refractivity contribution >= 4 is 112 Å². The highest BCUT2D eigenvalue weighted by Crippen LogP contribution is 2.47. The van der Waals surface area contributed by atoms with E-state index < -0.39 is 0 Å². The van der Waals surface area contributed by atoms with E-state index in [1.54, 1.807) is 0 Å². The van der Waals surface area contributed by atoms with Crippen LogP contribution in [0.2, 0.25) is 0 Å². The maximum Gasteiger partial charge on any atom is 0.261 e. The molecule has 0 saturated heterocycles. The molecule has 2 aliphatic rings. The molecule has 0 bridgehead atoms. The lowest BCUT2D eigenvalue weighted by atomic mass is 9.34. The molecule has 0 fully saturated rings. The molecule has 11 aromatic carbocycles. The number of hydrogen-bond acceptors (Lipinski definition) is 6. The number of nitrogens with zero attached hydrogens (tertiary/aromatic N) is 2. The summed E-state index contributed by atoms with van der Waals surface area (Å²) in [5.74, 6) is 2.87. The topological polar surface area (TPSA) is 51.2 Å². The van der Waals surface area contributed by atoms with Crippen molar-refractivity contribution in [3.63, 3.8) is 0 Å². The molecule has 0 saturated carbocycles. The second kappa shape index (κ2) is 15.5. The molecule has 0 atom stereocenters. The first-order chi connectivity index (χ1) is 35.2. The minimum atomic E-state index is -0.238. The van der Waals surface area contributed by atoms with Crippen LogP contribution in [0.5, 0.6) is 23.0 Å². The van der Waals surface area contributed by atoms with Crippen LogP contribution in [-0.4, -0.2) is 6.71 Å². The van der Waals surface area contributed by atoms with Crippen LogP contribution in [0.4, 0.5) is 34.1 Å². The molecule has 7 heteroatoms. The van der Waals surface area contributed by atoms with Crippen molar-refractivity contribution in [2.45, 2.75) is 0 Å². The van der Waals surface area contributed by atoms with Gasteiger partial charge in [0.15, 0.2) is 22.7 Å². The molecule has 71 heavy (non-hydrogen) atoms. The Kier molecular flexibility index (Phi) is 8.65. The lowest BCUT2D eigenvalue weighted by Gasteiger charge is -2.33. The fourth-order valence-electron chi connectivity index (χ4n) is 11.1. The number of para-hydroxylation sites is 4. The predicted octanol–water partition coefficient (Wildman–Crippen LogP) is 16.0. The number of ether oxygens (including phenoxy) is 2. The SMILES string of the molecule is c1ccc(N(c2ccccc2)c2ccc3c(c2)oc2c4c(ccc23)B2c3ccc5c(oc6cc(N(c7ccccc7)c7ccccc7)ccc65)c3Oc3cc(-c5ccc6ccccc6c5)cc(c32)O4)cc1. The molecule has 0 spiro atoms. The van der Waals surface area contributed by atoms with E-state index in [0.29, 0.717) is 22.7 Å². The highest BCUT2D eigenvalue weighted by Gasteiger charge is 2.43. The van der Waals surface area contributed by atoms with Gasteiger partial charge in [-0.15, -0.1) is 0 Å². The lowest BCUT2D eigenvalue weighted by molar-refractivity contribution is 0.459. The molecule has 0 unspecified atom stereocenters. The molecular weight excluding hydrogens is 872 g/mol. The first-order valence-electron chi connectivity index (χ1n) is 24.0. The van der Waals surface area contributed by atoms with Gasteiger partial charge in [0.2, 0.25) is 0 Å². The number of benzene rings is 11. The normalized spacial score (nSPS) is 12.4. The maximum atomic E-state index is 7.18. The van der Waals surface area contributed by atoms with Gasteiger partial charge in [-0.2, -0.15) is 0 Å². The maximum absolute atomic E-state index is 7.18. The van der Waals surface area contributed by atoms with Gasteiger partial charge in [0.1, 0.15) is 22.7 Å². The van der Waals surface area contributed by atoms with E-state index in [1.165, 1.54) is 5.39 Å². The number of anilines is 6. The zero-order valence-electron chi connectivity index (χ0n) is 38.1. The molecule has 332 valence electrons. The van der Waals surface area contributed by atoms with E-state index in [4.69, 9.17) is 18.3 Å². The molecule has 13 aromatic rings. The quantitative estimate of drug-likeness (QED) is 0.149. The number of rotatable bonds is 7. The first kappa shape index (κ1) is 39.5. The van der Waals surface area contributed by atoms with E-state index in [0.717, 1.165) is 111 Å². The van der Waals surface area contributed by atoms with E-state index in [9.17, 15) is 0 Å². The Bertz CT molecular complexity index is 3940. The van der Waals surface area contributed by atoms with Crippen molar-refractivity contribution in [2.24, 2.45) is 0 Å². The van der Waals surface area contributed by atoms with Crippen molar-refractivity contribution in [3.05, 3.63) is 237 Å². The Morgan fingerprint density at radius 3 is 1.20 bits per heavy atom. The van der Waals surface area contributed by atoms with Gasteiger partial charge in [-0.25, -0.2) is 0 Å². The molecule has 0 N–H and O–H groups in total. The summed E-state index contributed by atoms with van der Waals surface area (Å²) in [5.41, 5.74) is 14.2. The van der Waals surface area contributed by atoms with E-state index in [1.807, 2.05) is 24.3 Å². The summed E-state index contributed by atoms with van der Waals surface area (Å²) in [4.78, 5) is 4.51. The van der Waals surface area contributed by atoms with Crippen LogP contribution in [0.1, 0.15) is 0 Å².